The molecule has 0 saturated heterocycles. The summed E-state index contributed by atoms with van der Waals surface area (Å²) in [4.78, 5) is 0.257. The van der Waals surface area contributed by atoms with Crippen molar-refractivity contribution in [1.29, 1.82) is 0 Å². The lowest BCUT2D eigenvalue weighted by Crippen LogP contribution is -2.23. The van der Waals surface area contributed by atoms with E-state index >= 15 is 0 Å². The second kappa shape index (κ2) is 7.68. The Bertz CT molecular complexity index is 783. The third-order valence-corrected chi connectivity index (χ3v) is 5.19. The number of nitrogens with one attached hydrogen (secondary N) is 1. The molecule has 0 atom stereocenters. The smallest absolute Gasteiger partial charge is 0.240 e. The Labute approximate surface area is 143 Å². The summed E-state index contributed by atoms with van der Waals surface area (Å²) in [5.41, 5.74) is 1.89. The van der Waals surface area contributed by atoms with E-state index in [0.717, 1.165) is 11.1 Å². The molecule has 0 aliphatic carbocycles. The average Bonchev–Trinajstić information content (AvgIpc) is 2.59. The fourth-order valence-electron chi connectivity index (χ4n) is 2.28. The number of hydrogen-bond acceptors (Lipinski definition) is 4. The summed E-state index contributed by atoms with van der Waals surface area (Å²) in [6, 6.07) is 12.2. The Morgan fingerprint density at radius 3 is 2.12 bits per heavy atom. The minimum Gasteiger partial charge on any atom is -0.493 e. The molecular formula is C18H23NO4S. The van der Waals surface area contributed by atoms with E-state index in [2.05, 4.69) is 18.6 Å². The molecule has 0 radical (unpaired) electrons. The standard InChI is InChI=1S/C18H23NO4S/c1-13(2)15-6-8-16(9-7-15)24(20,21)19-12-14-5-10-17(22-3)18(11-14)23-4/h5-11,13,19H,12H2,1-4H3. The molecule has 0 saturated carbocycles. The van der Waals surface area contributed by atoms with Gasteiger partial charge in [0, 0.05) is 6.54 Å². The number of rotatable bonds is 7. The van der Waals surface area contributed by atoms with E-state index in [4.69, 9.17) is 9.47 Å². The van der Waals surface area contributed by atoms with Crippen LogP contribution in [0.2, 0.25) is 0 Å². The molecule has 6 heteroatoms. The maximum Gasteiger partial charge on any atom is 0.240 e. The quantitative estimate of drug-likeness (QED) is 0.833. The van der Waals surface area contributed by atoms with Gasteiger partial charge in [-0.05, 0) is 41.3 Å². The Hall–Kier alpha value is -2.05. The molecule has 0 spiro atoms. The summed E-state index contributed by atoms with van der Waals surface area (Å²) < 4.78 is 37.8. The molecule has 2 rings (SSSR count). The van der Waals surface area contributed by atoms with Crippen molar-refractivity contribution in [2.45, 2.75) is 31.2 Å². The maximum absolute atomic E-state index is 12.4. The normalized spacial score (nSPS) is 11.5. The van der Waals surface area contributed by atoms with Gasteiger partial charge in [0.1, 0.15) is 0 Å². The van der Waals surface area contributed by atoms with Crippen LogP contribution in [-0.4, -0.2) is 22.6 Å². The minimum atomic E-state index is -3.56. The molecule has 130 valence electrons. The molecule has 0 fully saturated rings. The average molecular weight is 349 g/mol. The summed E-state index contributed by atoms with van der Waals surface area (Å²) in [5, 5.41) is 0. The molecule has 0 aliphatic heterocycles. The van der Waals surface area contributed by atoms with Gasteiger partial charge in [0.2, 0.25) is 10.0 Å². The van der Waals surface area contributed by atoms with Crippen LogP contribution in [0.1, 0.15) is 30.9 Å². The van der Waals surface area contributed by atoms with Crippen LogP contribution in [0.4, 0.5) is 0 Å². The molecule has 2 aromatic carbocycles. The number of ether oxygens (including phenoxy) is 2. The Morgan fingerprint density at radius 1 is 0.958 bits per heavy atom. The molecule has 0 heterocycles. The first kappa shape index (κ1) is 18.3. The van der Waals surface area contributed by atoms with Crippen LogP contribution in [-0.2, 0) is 16.6 Å². The highest BCUT2D eigenvalue weighted by Gasteiger charge is 2.14. The summed E-state index contributed by atoms with van der Waals surface area (Å²) in [5.74, 6) is 1.53. The van der Waals surface area contributed by atoms with Crippen molar-refractivity contribution in [1.82, 2.24) is 4.72 Å². The Balaban J connectivity index is 2.12. The second-order valence-electron chi connectivity index (χ2n) is 5.74. The van der Waals surface area contributed by atoms with E-state index in [1.54, 1.807) is 44.6 Å². The highest BCUT2D eigenvalue weighted by Crippen LogP contribution is 2.27. The van der Waals surface area contributed by atoms with Crippen LogP contribution in [0.5, 0.6) is 11.5 Å². The third kappa shape index (κ3) is 4.27. The predicted octanol–water partition coefficient (Wildman–Crippen LogP) is 3.31. The van der Waals surface area contributed by atoms with Crippen molar-refractivity contribution in [3.05, 3.63) is 53.6 Å². The van der Waals surface area contributed by atoms with Crippen LogP contribution in [0.15, 0.2) is 47.4 Å². The first-order valence-corrected chi connectivity index (χ1v) is 9.16. The fourth-order valence-corrected chi connectivity index (χ4v) is 3.30. The van der Waals surface area contributed by atoms with Crippen LogP contribution >= 0.6 is 0 Å². The third-order valence-electron chi connectivity index (χ3n) is 3.77. The van der Waals surface area contributed by atoms with E-state index in [1.807, 2.05) is 12.1 Å². The van der Waals surface area contributed by atoms with E-state index in [0.29, 0.717) is 17.4 Å². The van der Waals surface area contributed by atoms with Gasteiger partial charge in [0.25, 0.3) is 0 Å². The summed E-state index contributed by atoms with van der Waals surface area (Å²) >= 11 is 0. The van der Waals surface area contributed by atoms with Gasteiger partial charge >= 0.3 is 0 Å². The van der Waals surface area contributed by atoms with Crippen molar-refractivity contribution in [2.75, 3.05) is 14.2 Å². The van der Waals surface area contributed by atoms with Crippen molar-refractivity contribution >= 4 is 10.0 Å². The molecule has 0 aromatic heterocycles. The summed E-state index contributed by atoms with van der Waals surface area (Å²) in [6.07, 6.45) is 0. The molecule has 5 nitrogen and oxygen atoms in total. The zero-order valence-electron chi connectivity index (χ0n) is 14.4. The van der Waals surface area contributed by atoms with Gasteiger partial charge in [-0.25, -0.2) is 13.1 Å². The molecule has 0 unspecified atom stereocenters. The highest BCUT2D eigenvalue weighted by atomic mass is 32.2. The molecule has 24 heavy (non-hydrogen) atoms. The van der Waals surface area contributed by atoms with Crippen LogP contribution in [0.3, 0.4) is 0 Å². The molecule has 0 aliphatic rings. The topological polar surface area (TPSA) is 64.6 Å². The predicted molar refractivity (Wildman–Crippen MR) is 94.1 cm³/mol. The van der Waals surface area contributed by atoms with Crippen LogP contribution < -0.4 is 14.2 Å². The number of benzene rings is 2. The Morgan fingerprint density at radius 2 is 1.58 bits per heavy atom. The zero-order valence-corrected chi connectivity index (χ0v) is 15.2. The van der Waals surface area contributed by atoms with Gasteiger partial charge < -0.3 is 9.47 Å². The molecule has 2 aromatic rings. The lowest BCUT2D eigenvalue weighted by Gasteiger charge is -2.11. The van der Waals surface area contributed by atoms with Gasteiger partial charge in [-0.3, -0.25) is 0 Å². The number of sulfonamides is 1. The molecule has 0 amide bonds. The lowest BCUT2D eigenvalue weighted by molar-refractivity contribution is 0.354. The van der Waals surface area contributed by atoms with Gasteiger partial charge in [-0.1, -0.05) is 32.0 Å². The summed E-state index contributed by atoms with van der Waals surface area (Å²) in [6.45, 7) is 4.31. The first-order chi connectivity index (χ1) is 11.4. The van der Waals surface area contributed by atoms with Crippen molar-refractivity contribution in [3.8, 4) is 11.5 Å². The fraction of sp³-hybridized carbons (Fsp3) is 0.333. The molecule has 0 bridgehead atoms. The Kier molecular flexibility index (Phi) is 5.85. The minimum absolute atomic E-state index is 0.175. The monoisotopic (exact) mass is 349 g/mol. The zero-order chi connectivity index (χ0) is 17.7. The van der Waals surface area contributed by atoms with Gasteiger partial charge in [-0.15, -0.1) is 0 Å². The molecular weight excluding hydrogens is 326 g/mol. The summed E-state index contributed by atoms with van der Waals surface area (Å²) in [7, 11) is -0.458. The van der Waals surface area contributed by atoms with Crippen molar-refractivity contribution < 1.29 is 17.9 Å². The van der Waals surface area contributed by atoms with E-state index in [9.17, 15) is 8.42 Å². The van der Waals surface area contributed by atoms with E-state index in [1.165, 1.54) is 0 Å². The van der Waals surface area contributed by atoms with Crippen molar-refractivity contribution in [2.24, 2.45) is 0 Å². The van der Waals surface area contributed by atoms with Crippen LogP contribution in [0.25, 0.3) is 0 Å². The van der Waals surface area contributed by atoms with E-state index in [-0.39, 0.29) is 11.4 Å². The van der Waals surface area contributed by atoms with Gasteiger partial charge in [-0.2, -0.15) is 0 Å². The van der Waals surface area contributed by atoms with E-state index < -0.39 is 10.0 Å². The first-order valence-electron chi connectivity index (χ1n) is 7.68. The van der Waals surface area contributed by atoms with Crippen LogP contribution in [0, 0.1) is 0 Å². The molecule has 1 N–H and O–H groups in total. The lowest BCUT2D eigenvalue weighted by atomic mass is 10.0. The number of hydrogen-bond donors (Lipinski definition) is 1. The van der Waals surface area contributed by atoms with Gasteiger partial charge in [0.15, 0.2) is 11.5 Å². The maximum atomic E-state index is 12.4. The number of methoxy groups -OCH3 is 2. The SMILES string of the molecule is COc1ccc(CNS(=O)(=O)c2ccc(C(C)C)cc2)cc1OC. The second-order valence-corrected chi connectivity index (χ2v) is 7.50. The van der Waals surface area contributed by atoms with Gasteiger partial charge in [0.05, 0.1) is 19.1 Å². The highest BCUT2D eigenvalue weighted by molar-refractivity contribution is 7.89. The largest absolute Gasteiger partial charge is 0.493 e. The van der Waals surface area contributed by atoms with Crippen molar-refractivity contribution in [3.63, 3.8) is 0 Å².